The quantitative estimate of drug-likeness (QED) is 0.816. The van der Waals surface area contributed by atoms with Gasteiger partial charge in [0.15, 0.2) is 5.65 Å². The van der Waals surface area contributed by atoms with Crippen molar-refractivity contribution in [3.05, 3.63) is 17.8 Å². The van der Waals surface area contributed by atoms with E-state index in [9.17, 15) is 0 Å². The summed E-state index contributed by atoms with van der Waals surface area (Å²) in [5, 5.41) is 0. The summed E-state index contributed by atoms with van der Waals surface area (Å²) < 4.78 is 2.00. The summed E-state index contributed by atoms with van der Waals surface area (Å²) in [5.41, 5.74) is 8.84. The number of unbranched alkanes of at least 4 members (excludes halogenated alkanes) is 1. The normalized spacial score (nSPS) is 11.6. The molecule has 0 aliphatic heterocycles. The zero-order valence-corrected chi connectivity index (χ0v) is 11.3. The fourth-order valence-electron chi connectivity index (χ4n) is 2.05. The third-order valence-corrected chi connectivity index (χ3v) is 2.99. The third kappa shape index (κ3) is 2.79. The molecule has 18 heavy (non-hydrogen) atoms. The number of pyridine rings is 1. The van der Waals surface area contributed by atoms with Gasteiger partial charge < -0.3 is 10.6 Å². The molecule has 2 heterocycles. The molecule has 0 radical (unpaired) electrons. The summed E-state index contributed by atoms with van der Waals surface area (Å²) in [6, 6.07) is 2.02. The van der Waals surface area contributed by atoms with Gasteiger partial charge in [-0.3, -0.25) is 4.57 Å². The lowest BCUT2D eigenvalue weighted by Crippen LogP contribution is -2.14. The fraction of sp³-hybridized carbons (Fsp3) is 0.538. The van der Waals surface area contributed by atoms with Crippen LogP contribution in [0, 0.1) is 6.92 Å². The fourth-order valence-corrected chi connectivity index (χ4v) is 2.05. The Labute approximate surface area is 108 Å². The van der Waals surface area contributed by atoms with Gasteiger partial charge >= 0.3 is 0 Å². The van der Waals surface area contributed by atoms with Gasteiger partial charge in [0, 0.05) is 12.7 Å². The highest BCUT2D eigenvalue weighted by Crippen LogP contribution is 2.17. The minimum Gasteiger partial charge on any atom is -0.369 e. The highest BCUT2D eigenvalue weighted by atomic mass is 15.2. The van der Waals surface area contributed by atoms with Gasteiger partial charge in [0.1, 0.15) is 5.52 Å². The number of hydrogen-bond donors (Lipinski definition) is 1. The van der Waals surface area contributed by atoms with Crippen molar-refractivity contribution in [2.24, 2.45) is 0 Å². The molecule has 0 aromatic carbocycles. The molecular formula is C13H21N5. The molecular weight excluding hydrogens is 226 g/mol. The van der Waals surface area contributed by atoms with Gasteiger partial charge in [0.05, 0.1) is 0 Å². The van der Waals surface area contributed by atoms with Gasteiger partial charge in [-0.05, 0) is 52.0 Å². The topological polar surface area (TPSA) is 60.0 Å². The third-order valence-electron chi connectivity index (χ3n) is 2.99. The second-order valence-electron chi connectivity index (χ2n) is 4.99. The zero-order valence-electron chi connectivity index (χ0n) is 11.3. The molecule has 0 amide bonds. The number of aromatic nitrogens is 3. The van der Waals surface area contributed by atoms with Crippen LogP contribution in [-0.2, 0) is 6.54 Å². The molecule has 0 saturated carbocycles. The number of nitrogens with two attached hydrogens (primary N) is 1. The van der Waals surface area contributed by atoms with Crippen molar-refractivity contribution in [2.75, 3.05) is 26.4 Å². The van der Waals surface area contributed by atoms with E-state index >= 15 is 0 Å². The van der Waals surface area contributed by atoms with E-state index in [4.69, 9.17) is 5.73 Å². The Kier molecular flexibility index (Phi) is 3.81. The summed E-state index contributed by atoms with van der Waals surface area (Å²) in [6.45, 7) is 3.99. The van der Waals surface area contributed by atoms with E-state index < -0.39 is 0 Å². The van der Waals surface area contributed by atoms with Crippen molar-refractivity contribution < 1.29 is 0 Å². The molecule has 0 atom stereocenters. The number of aryl methyl sites for hydroxylation is 2. The van der Waals surface area contributed by atoms with Crippen LogP contribution in [0.2, 0.25) is 0 Å². The number of nitrogens with zero attached hydrogens (tertiary/aromatic N) is 4. The molecule has 2 aromatic rings. The maximum atomic E-state index is 5.95. The number of hydrogen-bond acceptors (Lipinski definition) is 4. The number of anilines is 1. The second kappa shape index (κ2) is 5.35. The Morgan fingerprint density at radius 3 is 2.83 bits per heavy atom. The molecule has 2 aromatic heterocycles. The number of imidazole rings is 1. The zero-order chi connectivity index (χ0) is 13.1. The number of nitrogen functional groups attached to an aromatic ring is 1. The molecule has 0 aliphatic carbocycles. The Hall–Kier alpha value is -1.62. The van der Waals surface area contributed by atoms with E-state index in [1.165, 1.54) is 0 Å². The summed E-state index contributed by atoms with van der Waals surface area (Å²) in [7, 11) is 4.18. The molecule has 0 saturated heterocycles. The van der Waals surface area contributed by atoms with Crippen molar-refractivity contribution >= 4 is 17.1 Å². The average Bonchev–Trinajstić information content (AvgIpc) is 2.59. The molecule has 5 heteroatoms. The Bertz CT molecular complexity index is 529. The van der Waals surface area contributed by atoms with E-state index in [1.807, 2.05) is 23.8 Å². The summed E-state index contributed by atoms with van der Waals surface area (Å²) >= 11 is 0. The van der Waals surface area contributed by atoms with Gasteiger partial charge in [-0.25, -0.2) is 9.97 Å². The number of rotatable bonds is 5. The van der Waals surface area contributed by atoms with Gasteiger partial charge in [-0.1, -0.05) is 0 Å². The predicted octanol–water partition coefficient (Wildman–Crippen LogP) is 1.66. The molecule has 0 bridgehead atoms. The lowest BCUT2D eigenvalue weighted by Gasteiger charge is -2.10. The van der Waals surface area contributed by atoms with Crippen LogP contribution in [0.15, 0.2) is 12.3 Å². The van der Waals surface area contributed by atoms with Crippen LogP contribution in [0.5, 0.6) is 0 Å². The monoisotopic (exact) mass is 247 g/mol. The van der Waals surface area contributed by atoms with Gasteiger partial charge in [-0.2, -0.15) is 0 Å². The Morgan fingerprint density at radius 2 is 2.11 bits per heavy atom. The van der Waals surface area contributed by atoms with E-state index in [2.05, 4.69) is 29.0 Å². The standard InChI is InChI=1S/C13H21N5/c1-10-8-11-12(15-9-10)18(13(14)16-11)7-5-4-6-17(2)3/h8-9H,4-7H2,1-3H3,(H2,14,16). The van der Waals surface area contributed by atoms with Gasteiger partial charge in [0.25, 0.3) is 0 Å². The lowest BCUT2D eigenvalue weighted by molar-refractivity contribution is 0.388. The van der Waals surface area contributed by atoms with Crippen LogP contribution in [0.4, 0.5) is 5.95 Å². The highest BCUT2D eigenvalue weighted by molar-refractivity contribution is 5.74. The maximum absolute atomic E-state index is 5.95. The van der Waals surface area contributed by atoms with Crippen molar-refractivity contribution in [1.29, 1.82) is 0 Å². The molecule has 0 fully saturated rings. The highest BCUT2D eigenvalue weighted by Gasteiger charge is 2.08. The molecule has 2 rings (SSSR count). The Balaban J connectivity index is 2.10. The van der Waals surface area contributed by atoms with Crippen LogP contribution >= 0.6 is 0 Å². The summed E-state index contributed by atoms with van der Waals surface area (Å²) in [5.74, 6) is 0.563. The van der Waals surface area contributed by atoms with Gasteiger partial charge in [0.2, 0.25) is 5.95 Å². The Morgan fingerprint density at radius 1 is 1.33 bits per heavy atom. The smallest absolute Gasteiger partial charge is 0.202 e. The predicted molar refractivity (Wildman–Crippen MR) is 74.5 cm³/mol. The molecule has 0 unspecified atom stereocenters. The van der Waals surface area contributed by atoms with Gasteiger partial charge in [-0.15, -0.1) is 0 Å². The first-order valence-electron chi connectivity index (χ1n) is 6.31. The maximum Gasteiger partial charge on any atom is 0.202 e. The minimum absolute atomic E-state index is 0.563. The SMILES string of the molecule is Cc1cnc2c(c1)nc(N)n2CCCCN(C)C. The van der Waals surface area contributed by atoms with E-state index in [0.717, 1.165) is 42.7 Å². The lowest BCUT2D eigenvalue weighted by atomic mass is 10.3. The summed E-state index contributed by atoms with van der Waals surface area (Å²) in [6.07, 6.45) is 4.10. The van der Waals surface area contributed by atoms with E-state index in [-0.39, 0.29) is 0 Å². The van der Waals surface area contributed by atoms with Crippen molar-refractivity contribution in [2.45, 2.75) is 26.3 Å². The van der Waals surface area contributed by atoms with Crippen LogP contribution < -0.4 is 5.73 Å². The summed E-state index contributed by atoms with van der Waals surface area (Å²) in [4.78, 5) is 11.0. The first kappa shape index (κ1) is 12.8. The first-order chi connectivity index (χ1) is 8.58. The minimum atomic E-state index is 0.563. The van der Waals surface area contributed by atoms with Crippen LogP contribution in [0.1, 0.15) is 18.4 Å². The molecule has 0 aliphatic rings. The molecule has 0 spiro atoms. The largest absolute Gasteiger partial charge is 0.369 e. The second-order valence-corrected chi connectivity index (χ2v) is 4.99. The molecule has 5 nitrogen and oxygen atoms in total. The average molecular weight is 247 g/mol. The van der Waals surface area contributed by atoms with Crippen molar-refractivity contribution in [3.8, 4) is 0 Å². The van der Waals surface area contributed by atoms with E-state index in [0.29, 0.717) is 5.95 Å². The van der Waals surface area contributed by atoms with Crippen LogP contribution in [0.3, 0.4) is 0 Å². The first-order valence-corrected chi connectivity index (χ1v) is 6.31. The molecule has 2 N–H and O–H groups in total. The number of fused-ring (bicyclic) bond motifs is 1. The van der Waals surface area contributed by atoms with Crippen molar-refractivity contribution in [1.82, 2.24) is 19.4 Å². The van der Waals surface area contributed by atoms with E-state index in [1.54, 1.807) is 0 Å². The van der Waals surface area contributed by atoms with Crippen LogP contribution in [0.25, 0.3) is 11.2 Å². The molecule has 98 valence electrons. The van der Waals surface area contributed by atoms with Crippen LogP contribution in [-0.4, -0.2) is 40.1 Å². The van der Waals surface area contributed by atoms with Crippen molar-refractivity contribution in [3.63, 3.8) is 0 Å².